The van der Waals surface area contributed by atoms with E-state index in [1.807, 2.05) is 23.8 Å². The molecule has 1 N–H and O–H groups in total. The molecule has 18 heavy (non-hydrogen) atoms. The van der Waals surface area contributed by atoms with Crippen LogP contribution < -0.4 is 5.32 Å². The van der Waals surface area contributed by atoms with E-state index in [0.717, 1.165) is 12.1 Å². The number of hydrogen-bond acceptors (Lipinski definition) is 2. The van der Waals surface area contributed by atoms with Crippen molar-refractivity contribution in [2.75, 3.05) is 6.54 Å². The first-order chi connectivity index (χ1) is 8.65. The van der Waals surface area contributed by atoms with E-state index >= 15 is 0 Å². The van der Waals surface area contributed by atoms with E-state index in [-0.39, 0.29) is 16.9 Å². The van der Waals surface area contributed by atoms with E-state index in [2.05, 4.69) is 21.2 Å². The van der Waals surface area contributed by atoms with Crippen molar-refractivity contribution in [3.8, 4) is 0 Å². The molecule has 0 saturated carbocycles. The quantitative estimate of drug-likeness (QED) is 0.767. The van der Waals surface area contributed by atoms with Crippen molar-refractivity contribution in [3.63, 3.8) is 0 Å². The average Bonchev–Trinajstić information content (AvgIpc) is 2.88. The number of benzene rings is 1. The molecule has 96 valence electrons. The van der Waals surface area contributed by atoms with Crippen molar-refractivity contribution in [1.82, 2.24) is 5.32 Å². The highest BCUT2D eigenvalue weighted by molar-refractivity contribution is 9.10. The zero-order valence-corrected chi connectivity index (χ0v) is 12.9. The Hall–Kier alpha value is -0.420. The fourth-order valence-corrected chi connectivity index (χ4v) is 2.98. The van der Waals surface area contributed by atoms with Gasteiger partial charge in [-0.3, -0.25) is 0 Å². The minimum Gasteiger partial charge on any atom is -0.306 e. The zero-order valence-electron chi connectivity index (χ0n) is 9.71. The van der Waals surface area contributed by atoms with E-state index in [4.69, 9.17) is 11.6 Å². The van der Waals surface area contributed by atoms with Gasteiger partial charge in [-0.15, -0.1) is 0 Å². The lowest BCUT2D eigenvalue weighted by molar-refractivity contribution is 0.559. The lowest BCUT2D eigenvalue weighted by Gasteiger charge is -2.19. The van der Waals surface area contributed by atoms with Crippen LogP contribution in [-0.4, -0.2) is 6.54 Å². The second-order valence-electron chi connectivity index (χ2n) is 3.81. The van der Waals surface area contributed by atoms with Crippen LogP contribution in [0.3, 0.4) is 0 Å². The van der Waals surface area contributed by atoms with Gasteiger partial charge in [0, 0.05) is 10.0 Å². The summed E-state index contributed by atoms with van der Waals surface area (Å²) < 4.78 is 14.8. The third-order valence-corrected chi connectivity index (χ3v) is 4.62. The van der Waals surface area contributed by atoms with Gasteiger partial charge in [0.15, 0.2) is 0 Å². The molecule has 0 radical (unpaired) electrons. The Morgan fingerprint density at radius 3 is 2.83 bits per heavy atom. The van der Waals surface area contributed by atoms with E-state index in [0.29, 0.717) is 10.0 Å². The molecule has 1 heterocycles. The zero-order chi connectivity index (χ0) is 13.1. The summed E-state index contributed by atoms with van der Waals surface area (Å²) in [7, 11) is 0. The monoisotopic (exact) mass is 347 g/mol. The molecule has 0 spiro atoms. The number of rotatable bonds is 4. The van der Waals surface area contributed by atoms with E-state index in [1.165, 1.54) is 0 Å². The maximum Gasteiger partial charge on any atom is 0.148 e. The average molecular weight is 349 g/mol. The maximum atomic E-state index is 14.2. The summed E-state index contributed by atoms with van der Waals surface area (Å²) in [6.45, 7) is 2.76. The number of nitrogens with one attached hydrogen (secondary N) is 1. The summed E-state index contributed by atoms with van der Waals surface area (Å²) in [5.41, 5.74) is 1.63. The third-order valence-electron chi connectivity index (χ3n) is 2.66. The summed E-state index contributed by atoms with van der Waals surface area (Å²) in [5.74, 6) is -0.372. The highest BCUT2D eigenvalue weighted by atomic mass is 79.9. The van der Waals surface area contributed by atoms with E-state index < -0.39 is 0 Å². The Morgan fingerprint density at radius 1 is 1.44 bits per heavy atom. The van der Waals surface area contributed by atoms with Gasteiger partial charge in [0.05, 0.1) is 11.1 Å². The molecule has 0 amide bonds. The molecule has 0 fully saturated rings. The fourth-order valence-electron chi connectivity index (χ4n) is 1.81. The predicted octanol–water partition coefficient (Wildman–Crippen LogP) is 5.00. The number of halogens is 3. The van der Waals surface area contributed by atoms with Gasteiger partial charge in [0.2, 0.25) is 0 Å². The van der Waals surface area contributed by atoms with Gasteiger partial charge in [-0.25, -0.2) is 4.39 Å². The van der Waals surface area contributed by atoms with Gasteiger partial charge in [-0.1, -0.05) is 24.6 Å². The molecule has 1 atom stereocenters. The van der Waals surface area contributed by atoms with Crippen molar-refractivity contribution < 1.29 is 4.39 Å². The Kier molecular flexibility index (Phi) is 4.78. The summed E-state index contributed by atoms with van der Waals surface area (Å²) in [6, 6.07) is 5.37. The standard InChI is InChI=1S/C13H12BrClFNS/c1-2-17-13(8-5-6-18-7-8)9-3-4-10(14)11(15)12(9)16/h3-7,13,17H,2H2,1H3. The lowest BCUT2D eigenvalue weighted by Crippen LogP contribution is -2.22. The summed E-state index contributed by atoms with van der Waals surface area (Å²) in [5, 5.41) is 7.41. The van der Waals surface area contributed by atoms with E-state index in [1.54, 1.807) is 23.5 Å². The van der Waals surface area contributed by atoms with Crippen molar-refractivity contribution >= 4 is 38.9 Å². The van der Waals surface area contributed by atoms with Gasteiger partial charge in [-0.2, -0.15) is 11.3 Å². The smallest absolute Gasteiger partial charge is 0.148 e. The van der Waals surface area contributed by atoms with Gasteiger partial charge in [-0.05, 0) is 50.9 Å². The highest BCUT2D eigenvalue weighted by Crippen LogP contribution is 2.33. The molecular weight excluding hydrogens is 337 g/mol. The first-order valence-electron chi connectivity index (χ1n) is 5.54. The maximum absolute atomic E-state index is 14.2. The Labute approximate surface area is 123 Å². The molecule has 0 bridgehead atoms. The second kappa shape index (κ2) is 6.15. The minimum absolute atomic E-state index is 0.130. The van der Waals surface area contributed by atoms with Crippen molar-refractivity contribution in [2.24, 2.45) is 0 Å². The SMILES string of the molecule is CCNC(c1ccsc1)c1ccc(Br)c(Cl)c1F. The van der Waals surface area contributed by atoms with Crippen LogP contribution in [0, 0.1) is 5.82 Å². The molecule has 0 aliphatic heterocycles. The second-order valence-corrected chi connectivity index (χ2v) is 5.82. The lowest BCUT2D eigenvalue weighted by atomic mass is 10.0. The Morgan fingerprint density at radius 2 is 2.22 bits per heavy atom. The summed E-state index contributed by atoms with van der Waals surface area (Å²) in [6.07, 6.45) is 0. The van der Waals surface area contributed by atoms with Gasteiger partial charge in [0.1, 0.15) is 5.82 Å². The molecule has 5 heteroatoms. The van der Waals surface area contributed by atoms with Gasteiger partial charge in [0.25, 0.3) is 0 Å². The van der Waals surface area contributed by atoms with Crippen molar-refractivity contribution in [3.05, 3.63) is 55.4 Å². The van der Waals surface area contributed by atoms with Crippen LogP contribution in [0.25, 0.3) is 0 Å². The van der Waals surface area contributed by atoms with Crippen LogP contribution in [0.5, 0.6) is 0 Å². The molecule has 1 aromatic carbocycles. The summed E-state index contributed by atoms with van der Waals surface area (Å²) >= 11 is 10.8. The predicted molar refractivity (Wildman–Crippen MR) is 78.9 cm³/mol. The molecule has 2 aromatic rings. The van der Waals surface area contributed by atoms with E-state index in [9.17, 15) is 4.39 Å². The molecule has 0 aliphatic rings. The van der Waals surface area contributed by atoms with Crippen LogP contribution in [0.1, 0.15) is 24.1 Å². The first kappa shape index (κ1) is 14.0. The topological polar surface area (TPSA) is 12.0 Å². The fraction of sp³-hybridized carbons (Fsp3) is 0.231. The Bertz CT molecular complexity index is 530. The summed E-state index contributed by atoms with van der Waals surface area (Å²) in [4.78, 5) is 0. The normalized spacial score (nSPS) is 12.7. The first-order valence-corrected chi connectivity index (χ1v) is 7.65. The van der Waals surface area contributed by atoms with Crippen LogP contribution in [0.4, 0.5) is 4.39 Å². The third kappa shape index (κ3) is 2.77. The molecule has 2 rings (SSSR count). The molecular formula is C13H12BrClFNS. The molecule has 1 nitrogen and oxygen atoms in total. The molecule has 0 saturated heterocycles. The largest absolute Gasteiger partial charge is 0.306 e. The van der Waals surface area contributed by atoms with Gasteiger partial charge >= 0.3 is 0 Å². The highest BCUT2D eigenvalue weighted by Gasteiger charge is 2.20. The number of thiophene rings is 1. The molecule has 1 aromatic heterocycles. The van der Waals surface area contributed by atoms with Gasteiger partial charge < -0.3 is 5.32 Å². The van der Waals surface area contributed by atoms with Crippen LogP contribution in [-0.2, 0) is 0 Å². The van der Waals surface area contributed by atoms with Crippen LogP contribution in [0.2, 0.25) is 5.02 Å². The molecule has 1 unspecified atom stereocenters. The van der Waals surface area contributed by atoms with Crippen LogP contribution >= 0.6 is 38.9 Å². The van der Waals surface area contributed by atoms with Crippen molar-refractivity contribution in [2.45, 2.75) is 13.0 Å². The Balaban J connectivity index is 2.47. The molecule has 0 aliphatic carbocycles. The minimum atomic E-state index is -0.372. The number of hydrogen-bond donors (Lipinski definition) is 1. The van der Waals surface area contributed by atoms with Crippen LogP contribution in [0.15, 0.2) is 33.4 Å². The van der Waals surface area contributed by atoms with Crippen molar-refractivity contribution in [1.29, 1.82) is 0 Å².